The van der Waals surface area contributed by atoms with Gasteiger partial charge in [-0.25, -0.2) is 9.78 Å². The predicted molar refractivity (Wildman–Crippen MR) is 150 cm³/mol. The normalized spacial score (nSPS) is 18.2. The zero-order valence-corrected chi connectivity index (χ0v) is 23.2. The van der Waals surface area contributed by atoms with Crippen LogP contribution in [0, 0.1) is 0 Å². The van der Waals surface area contributed by atoms with Gasteiger partial charge in [-0.3, -0.25) is 9.88 Å². The number of ether oxygens (including phenoxy) is 1. The third-order valence-corrected chi connectivity index (χ3v) is 7.22. The fourth-order valence-electron chi connectivity index (χ4n) is 5.24. The maximum absolute atomic E-state index is 12.7. The first-order valence-electron chi connectivity index (χ1n) is 12.8. The largest absolute Gasteiger partial charge is 0.444 e. The summed E-state index contributed by atoms with van der Waals surface area (Å²) in [4.78, 5) is 29.1. The van der Waals surface area contributed by atoms with Gasteiger partial charge in [0.1, 0.15) is 11.6 Å². The number of aromatic nitrogens is 3. The lowest BCUT2D eigenvalue weighted by Gasteiger charge is -2.40. The van der Waals surface area contributed by atoms with E-state index < -0.39 is 11.6 Å². The van der Waals surface area contributed by atoms with Crippen molar-refractivity contribution in [2.75, 3.05) is 26.2 Å². The van der Waals surface area contributed by atoms with Crippen molar-refractivity contribution in [1.82, 2.24) is 24.3 Å². The standard InChI is InChI=1S/C28H31ClN8O2/c1-28(2,3)39-27(38)37-12-10-36(11-13-37)26-20-8-7-19(29)15-21(20)22(14-18-6-5-9-32-24(18)26)25(33-34-30)23-16-31-17-35(23)4/h5-9,14-17,25-26H,10-13H2,1-4H3/t25?,26-/m0/s1. The molecule has 3 heterocycles. The third kappa shape index (κ3) is 5.49. The molecule has 202 valence electrons. The number of carbonyl (C=O) groups is 1. The number of rotatable bonds is 4. The van der Waals surface area contributed by atoms with E-state index in [1.54, 1.807) is 23.6 Å². The van der Waals surface area contributed by atoms with E-state index in [1.807, 2.05) is 68.8 Å². The fourth-order valence-corrected chi connectivity index (χ4v) is 5.41. The number of halogens is 1. The van der Waals surface area contributed by atoms with Crippen LogP contribution < -0.4 is 0 Å². The molecule has 1 aliphatic heterocycles. The van der Waals surface area contributed by atoms with Gasteiger partial charge in [0.15, 0.2) is 0 Å². The Morgan fingerprint density at radius 2 is 2.00 bits per heavy atom. The van der Waals surface area contributed by atoms with Gasteiger partial charge in [0.2, 0.25) is 0 Å². The molecular weight excluding hydrogens is 516 g/mol. The number of carbonyl (C=O) groups excluding carboxylic acids is 1. The van der Waals surface area contributed by atoms with Crippen LogP contribution in [0.1, 0.15) is 60.9 Å². The minimum absolute atomic E-state index is 0.193. The Hall–Kier alpha value is -3.85. The van der Waals surface area contributed by atoms with Gasteiger partial charge in [-0.05, 0) is 72.8 Å². The van der Waals surface area contributed by atoms with Crippen LogP contribution in [0.15, 0.2) is 54.2 Å². The van der Waals surface area contributed by atoms with Crippen LogP contribution >= 0.6 is 11.6 Å². The Morgan fingerprint density at radius 3 is 2.67 bits per heavy atom. The van der Waals surface area contributed by atoms with E-state index in [9.17, 15) is 10.3 Å². The second-order valence-electron chi connectivity index (χ2n) is 10.8. The molecule has 1 aliphatic carbocycles. The summed E-state index contributed by atoms with van der Waals surface area (Å²) in [6, 6.07) is 8.93. The van der Waals surface area contributed by atoms with Crippen LogP contribution in [0.2, 0.25) is 5.02 Å². The smallest absolute Gasteiger partial charge is 0.410 e. The number of amides is 1. The van der Waals surface area contributed by atoms with Gasteiger partial charge < -0.3 is 14.2 Å². The Morgan fingerprint density at radius 1 is 1.23 bits per heavy atom. The van der Waals surface area contributed by atoms with E-state index in [0.717, 1.165) is 33.7 Å². The molecule has 0 saturated carbocycles. The van der Waals surface area contributed by atoms with E-state index in [1.165, 1.54) is 0 Å². The van der Waals surface area contributed by atoms with Crippen molar-refractivity contribution in [2.45, 2.75) is 38.5 Å². The topological polar surface area (TPSA) is 112 Å². The van der Waals surface area contributed by atoms with Crippen molar-refractivity contribution in [3.8, 4) is 0 Å². The first kappa shape index (κ1) is 26.7. The van der Waals surface area contributed by atoms with E-state index in [2.05, 4.69) is 19.9 Å². The van der Waals surface area contributed by atoms with Crippen molar-refractivity contribution >= 4 is 29.3 Å². The Bertz CT molecular complexity index is 1460. The highest BCUT2D eigenvalue weighted by Gasteiger charge is 2.36. The summed E-state index contributed by atoms with van der Waals surface area (Å²) >= 11 is 6.55. The molecule has 39 heavy (non-hydrogen) atoms. The maximum Gasteiger partial charge on any atom is 0.410 e. The minimum Gasteiger partial charge on any atom is -0.444 e. The highest BCUT2D eigenvalue weighted by atomic mass is 35.5. The van der Waals surface area contributed by atoms with E-state index >= 15 is 0 Å². The summed E-state index contributed by atoms with van der Waals surface area (Å²) in [5.74, 6) is 0. The molecule has 2 aromatic heterocycles. The number of azide groups is 1. The molecule has 1 unspecified atom stereocenters. The molecule has 0 radical (unpaired) electrons. The van der Waals surface area contributed by atoms with Crippen LogP contribution in [0.25, 0.3) is 22.1 Å². The number of piperazine rings is 1. The quantitative estimate of drug-likeness (QED) is 0.226. The van der Waals surface area contributed by atoms with Gasteiger partial charge in [-0.15, -0.1) is 0 Å². The first-order chi connectivity index (χ1) is 18.7. The van der Waals surface area contributed by atoms with Gasteiger partial charge in [0.25, 0.3) is 0 Å². The van der Waals surface area contributed by atoms with Gasteiger partial charge >= 0.3 is 6.09 Å². The van der Waals surface area contributed by atoms with E-state index in [4.69, 9.17) is 21.3 Å². The number of aryl methyl sites for hydroxylation is 1. The van der Waals surface area contributed by atoms with Gasteiger partial charge in [-0.1, -0.05) is 28.8 Å². The molecule has 3 aromatic rings. The number of nitrogens with zero attached hydrogens (tertiary/aromatic N) is 8. The molecule has 1 fully saturated rings. The van der Waals surface area contributed by atoms with Gasteiger partial charge in [0, 0.05) is 55.6 Å². The Balaban J connectivity index is 1.58. The summed E-state index contributed by atoms with van der Waals surface area (Å²) in [6.07, 6.45) is 6.94. The second kappa shape index (κ2) is 10.7. The molecule has 2 atom stereocenters. The van der Waals surface area contributed by atoms with Crippen molar-refractivity contribution in [3.05, 3.63) is 92.6 Å². The second-order valence-corrected chi connectivity index (χ2v) is 11.2. The Labute approximate surface area is 232 Å². The molecule has 2 aliphatic rings. The number of hydrogen-bond donors (Lipinski definition) is 0. The number of fused-ring (bicyclic) bond motifs is 2. The lowest BCUT2D eigenvalue weighted by molar-refractivity contribution is 0.0118. The highest BCUT2D eigenvalue weighted by Crippen LogP contribution is 2.45. The summed E-state index contributed by atoms with van der Waals surface area (Å²) in [5, 5.41) is 4.79. The van der Waals surface area contributed by atoms with Gasteiger partial charge in [0.05, 0.1) is 23.8 Å². The fraction of sp³-hybridized carbons (Fsp3) is 0.393. The van der Waals surface area contributed by atoms with E-state index in [0.29, 0.717) is 31.2 Å². The third-order valence-electron chi connectivity index (χ3n) is 6.99. The minimum atomic E-state index is -0.629. The van der Waals surface area contributed by atoms with Crippen LogP contribution in [0.3, 0.4) is 0 Å². The molecule has 0 spiro atoms. The molecule has 10 nitrogen and oxygen atoms in total. The molecule has 11 heteroatoms. The van der Waals surface area contributed by atoms with Crippen LogP contribution in [0.4, 0.5) is 4.79 Å². The summed E-state index contributed by atoms with van der Waals surface area (Å²) in [6.45, 7) is 7.96. The molecule has 1 aromatic carbocycles. The van der Waals surface area contributed by atoms with Gasteiger partial charge in [-0.2, -0.15) is 0 Å². The lowest BCUT2D eigenvalue weighted by Crippen LogP contribution is -2.51. The average molecular weight is 547 g/mol. The maximum atomic E-state index is 12.7. The van der Waals surface area contributed by atoms with Crippen LogP contribution in [-0.2, 0) is 11.8 Å². The number of benzene rings is 1. The zero-order chi connectivity index (χ0) is 27.7. The molecule has 5 rings (SSSR count). The summed E-state index contributed by atoms with van der Waals surface area (Å²) in [5.41, 5.74) is 14.3. The first-order valence-corrected chi connectivity index (χ1v) is 13.2. The van der Waals surface area contributed by atoms with Crippen molar-refractivity contribution in [1.29, 1.82) is 0 Å². The number of pyridine rings is 1. The molecular formula is C28H31ClN8O2. The SMILES string of the molecule is Cn1cncc1C(N=[N+]=[N-])C1=Cc2cccnc2[C@@H](N2CCN(C(=O)OC(C)(C)C)CC2)c2ccc(Cl)cc21. The predicted octanol–water partition coefficient (Wildman–Crippen LogP) is 6.02. The van der Waals surface area contributed by atoms with Crippen molar-refractivity contribution < 1.29 is 9.53 Å². The summed E-state index contributed by atoms with van der Waals surface area (Å²) in [7, 11) is 1.88. The molecule has 0 N–H and O–H groups in total. The molecule has 1 amide bonds. The zero-order valence-electron chi connectivity index (χ0n) is 22.5. The Kier molecular flexibility index (Phi) is 7.36. The average Bonchev–Trinajstić information content (AvgIpc) is 3.26. The highest BCUT2D eigenvalue weighted by molar-refractivity contribution is 6.30. The van der Waals surface area contributed by atoms with Crippen LogP contribution in [-0.4, -0.2) is 62.2 Å². The monoisotopic (exact) mass is 546 g/mol. The summed E-state index contributed by atoms with van der Waals surface area (Å²) < 4.78 is 7.45. The molecule has 1 saturated heterocycles. The lowest BCUT2D eigenvalue weighted by atomic mass is 9.90. The molecule has 0 bridgehead atoms. The van der Waals surface area contributed by atoms with Crippen molar-refractivity contribution in [3.63, 3.8) is 0 Å². The van der Waals surface area contributed by atoms with Crippen molar-refractivity contribution in [2.24, 2.45) is 12.2 Å². The van der Waals surface area contributed by atoms with Crippen LogP contribution in [0.5, 0.6) is 0 Å². The van der Waals surface area contributed by atoms with E-state index in [-0.39, 0.29) is 12.1 Å². The number of hydrogen-bond acceptors (Lipinski definition) is 6. The number of imidazole rings is 1.